The maximum Gasteiger partial charge on any atom is 0.258 e. The largest absolute Gasteiger partial charge is 0.467 e. The third kappa shape index (κ3) is 3.38. The lowest BCUT2D eigenvalue weighted by molar-refractivity contribution is -0.135. The third-order valence-electron chi connectivity index (χ3n) is 5.18. The number of carbonyl (C=O) groups excluding carboxylic acids is 3. The van der Waals surface area contributed by atoms with Gasteiger partial charge in [-0.25, -0.2) is 0 Å². The zero-order valence-corrected chi connectivity index (χ0v) is 14.8. The van der Waals surface area contributed by atoms with Gasteiger partial charge >= 0.3 is 0 Å². The van der Waals surface area contributed by atoms with Crippen LogP contribution in [0.15, 0.2) is 18.2 Å². The maximum atomic E-state index is 12.5. The average Bonchev–Trinajstić information content (AvgIpc) is 3.42. The summed E-state index contributed by atoms with van der Waals surface area (Å²) in [6.07, 6.45) is 3.11. The number of benzene rings is 1. The second-order valence-corrected chi connectivity index (χ2v) is 7.46. The average molecular weight is 357 g/mol. The lowest BCUT2D eigenvalue weighted by atomic mass is 9.99. The van der Waals surface area contributed by atoms with Crippen molar-refractivity contribution in [1.82, 2.24) is 15.5 Å². The molecule has 4 rings (SSSR count). The van der Waals surface area contributed by atoms with Crippen molar-refractivity contribution in [2.24, 2.45) is 0 Å². The van der Waals surface area contributed by atoms with E-state index in [4.69, 9.17) is 4.74 Å². The second-order valence-electron chi connectivity index (χ2n) is 7.46. The lowest BCUT2D eigenvalue weighted by Crippen LogP contribution is -2.56. The highest BCUT2D eigenvalue weighted by Crippen LogP contribution is 2.34. The van der Waals surface area contributed by atoms with Crippen molar-refractivity contribution in [2.45, 2.75) is 50.8 Å². The van der Waals surface area contributed by atoms with Crippen LogP contribution in [0.2, 0.25) is 0 Å². The Kier molecular flexibility index (Phi) is 4.09. The highest BCUT2D eigenvalue weighted by atomic mass is 16.5. The number of nitrogens with one attached hydrogen (secondary N) is 2. The summed E-state index contributed by atoms with van der Waals surface area (Å²) in [4.78, 5) is 38.6. The SMILES string of the molecule is Cc1ccc2c(c1)C(=O)NC1(CCC(=O)N(CC(=O)NC3CC3)CC1)O2. The molecule has 0 radical (unpaired) electrons. The molecule has 1 saturated carbocycles. The van der Waals surface area contributed by atoms with Gasteiger partial charge in [0.1, 0.15) is 5.75 Å². The predicted octanol–water partition coefficient (Wildman–Crippen LogP) is 1.10. The monoisotopic (exact) mass is 357 g/mol. The predicted molar refractivity (Wildman–Crippen MR) is 93.6 cm³/mol. The van der Waals surface area contributed by atoms with Crippen molar-refractivity contribution < 1.29 is 19.1 Å². The van der Waals surface area contributed by atoms with Crippen molar-refractivity contribution in [1.29, 1.82) is 0 Å². The second kappa shape index (κ2) is 6.30. The Morgan fingerprint density at radius 3 is 2.92 bits per heavy atom. The molecule has 26 heavy (non-hydrogen) atoms. The third-order valence-corrected chi connectivity index (χ3v) is 5.18. The summed E-state index contributed by atoms with van der Waals surface area (Å²) in [7, 11) is 0. The van der Waals surface area contributed by atoms with Gasteiger partial charge in [-0.2, -0.15) is 0 Å². The molecule has 138 valence electrons. The summed E-state index contributed by atoms with van der Waals surface area (Å²) in [5, 5.41) is 5.86. The summed E-state index contributed by atoms with van der Waals surface area (Å²) >= 11 is 0. The first kappa shape index (κ1) is 16.9. The van der Waals surface area contributed by atoms with E-state index in [2.05, 4.69) is 10.6 Å². The summed E-state index contributed by atoms with van der Waals surface area (Å²) in [6.45, 7) is 2.36. The Morgan fingerprint density at radius 2 is 2.15 bits per heavy atom. The first-order valence-corrected chi connectivity index (χ1v) is 9.13. The quantitative estimate of drug-likeness (QED) is 0.848. The van der Waals surface area contributed by atoms with Crippen LogP contribution in [-0.4, -0.2) is 47.5 Å². The molecule has 1 spiro atoms. The number of hydrogen-bond acceptors (Lipinski definition) is 4. The number of nitrogens with zero attached hydrogens (tertiary/aromatic N) is 1. The number of ether oxygens (including phenoxy) is 1. The van der Waals surface area contributed by atoms with Gasteiger partial charge in [0.2, 0.25) is 11.8 Å². The molecule has 2 aliphatic heterocycles. The molecular formula is C19H23N3O4. The van der Waals surface area contributed by atoms with Crippen LogP contribution in [0.1, 0.15) is 48.0 Å². The Bertz CT molecular complexity index is 774. The molecule has 1 atom stereocenters. The van der Waals surface area contributed by atoms with Gasteiger partial charge in [0.05, 0.1) is 12.1 Å². The van der Waals surface area contributed by atoms with Crippen molar-refractivity contribution in [3.05, 3.63) is 29.3 Å². The van der Waals surface area contributed by atoms with E-state index in [0.717, 1.165) is 18.4 Å². The van der Waals surface area contributed by atoms with E-state index in [-0.39, 0.29) is 36.7 Å². The van der Waals surface area contributed by atoms with Crippen LogP contribution in [-0.2, 0) is 9.59 Å². The van der Waals surface area contributed by atoms with Crippen LogP contribution < -0.4 is 15.4 Å². The normalized spacial score (nSPS) is 25.2. The van der Waals surface area contributed by atoms with E-state index < -0.39 is 5.72 Å². The van der Waals surface area contributed by atoms with E-state index in [1.165, 1.54) is 0 Å². The summed E-state index contributed by atoms with van der Waals surface area (Å²) in [5.74, 6) is 0.167. The number of fused-ring (bicyclic) bond motifs is 1. The minimum atomic E-state index is -0.892. The first-order chi connectivity index (χ1) is 12.4. The molecule has 1 aromatic rings. The molecule has 2 heterocycles. The highest BCUT2D eigenvalue weighted by molar-refractivity contribution is 5.98. The molecule has 7 heteroatoms. The van der Waals surface area contributed by atoms with Crippen molar-refractivity contribution in [3.63, 3.8) is 0 Å². The van der Waals surface area contributed by atoms with Gasteiger partial charge in [0, 0.05) is 31.8 Å². The number of rotatable bonds is 3. The van der Waals surface area contributed by atoms with Crippen molar-refractivity contribution >= 4 is 17.7 Å². The molecular weight excluding hydrogens is 334 g/mol. The van der Waals surface area contributed by atoms with Gasteiger partial charge in [-0.15, -0.1) is 0 Å². The van der Waals surface area contributed by atoms with Crippen LogP contribution in [0.25, 0.3) is 0 Å². The minimum Gasteiger partial charge on any atom is -0.467 e. The molecule has 1 aliphatic carbocycles. The lowest BCUT2D eigenvalue weighted by Gasteiger charge is -2.38. The van der Waals surface area contributed by atoms with E-state index in [1.807, 2.05) is 13.0 Å². The number of aryl methyl sites for hydroxylation is 1. The smallest absolute Gasteiger partial charge is 0.258 e. The van der Waals surface area contributed by atoms with E-state index in [1.54, 1.807) is 17.0 Å². The standard InChI is InChI=1S/C19H23N3O4/c1-12-2-5-15-14(10-12)18(25)21-19(26-15)7-6-17(24)22(9-8-19)11-16(23)20-13-3-4-13/h2,5,10,13H,3-4,6-9,11H2,1H3,(H,20,23)(H,21,25). The van der Waals surface area contributed by atoms with Crippen molar-refractivity contribution in [3.8, 4) is 5.75 Å². The van der Waals surface area contributed by atoms with Crippen LogP contribution in [0.3, 0.4) is 0 Å². The first-order valence-electron chi connectivity index (χ1n) is 9.13. The maximum absolute atomic E-state index is 12.5. The summed E-state index contributed by atoms with van der Waals surface area (Å²) in [6, 6.07) is 5.78. The highest BCUT2D eigenvalue weighted by Gasteiger charge is 2.42. The van der Waals surface area contributed by atoms with Gasteiger partial charge in [-0.1, -0.05) is 11.6 Å². The van der Waals surface area contributed by atoms with Gasteiger partial charge < -0.3 is 20.3 Å². The Hall–Kier alpha value is -2.57. The van der Waals surface area contributed by atoms with Gasteiger partial charge in [-0.05, 0) is 31.9 Å². The Labute approximate surface area is 152 Å². The molecule has 0 aromatic heterocycles. The Morgan fingerprint density at radius 1 is 1.35 bits per heavy atom. The molecule has 1 aromatic carbocycles. The van der Waals surface area contributed by atoms with Crippen LogP contribution in [0.4, 0.5) is 0 Å². The fourth-order valence-corrected chi connectivity index (χ4v) is 3.52. The molecule has 1 saturated heterocycles. The van der Waals surface area contributed by atoms with E-state index in [0.29, 0.717) is 30.7 Å². The molecule has 0 bridgehead atoms. The number of carbonyl (C=O) groups is 3. The zero-order valence-electron chi connectivity index (χ0n) is 14.8. The molecule has 7 nitrogen and oxygen atoms in total. The van der Waals surface area contributed by atoms with E-state index >= 15 is 0 Å². The molecule has 1 unspecified atom stereocenters. The molecule has 2 fully saturated rings. The number of likely N-dealkylation sites (tertiary alicyclic amines) is 1. The van der Waals surface area contributed by atoms with Gasteiger partial charge in [-0.3, -0.25) is 14.4 Å². The van der Waals surface area contributed by atoms with Gasteiger partial charge in [0.25, 0.3) is 5.91 Å². The molecule has 3 amide bonds. The fraction of sp³-hybridized carbons (Fsp3) is 0.526. The van der Waals surface area contributed by atoms with Gasteiger partial charge in [0.15, 0.2) is 5.72 Å². The number of amides is 3. The topological polar surface area (TPSA) is 87.7 Å². The van der Waals surface area contributed by atoms with Crippen LogP contribution in [0.5, 0.6) is 5.75 Å². The van der Waals surface area contributed by atoms with Crippen molar-refractivity contribution in [2.75, 3.05) is 13.1 Å². The fourth-order valence-electron chi connectivity index (χ4n) is 3.52. The minimum absolute atomic E-state index is 0.0646. The van der Waals surface area contributed by atoms with Crippen LogP contribution >= 0.6 is 0 Å². The van der Waals surface area contributed by atoms with Crippen LogP contribution in [0, 0.1) is 6.92 Å². The molecule has 2 N–H and O–H groups in total. The Balaban J connectivity index is 1.47. The molecule has 3 aliphatic rings. The number of hydrogen-bond donors (Lipinski definition) is 2. The van der Waals surface area contributed by atoms with E-state index in [9.17, 15) is 14.4 Å². The summed E-state index contributed by atoms with van der Waals surface area (Å²) in [5.41, 5.74) is 0.616. The zero-order chi connectivity index (χ0) is 18.3. The summed E-state index contributed by atoms with van der Waals surface area (Å²) < 4.78 is 6.13.